The molecule has 0 radical (unpaired) electrons. The standard InChI is InChI=1S/C105H60N2/c1-2-28-62-61(27-1)59-80(100-99(62)77-35-7-14-48-85(77)105(100)81-44-10-3-29-65(81)66-30-4-11-45-82(66)105)96-71-38-21-36-63(69-40-23-51-88-97(69)75-33-5-12-46-83(75)103(88)86-49-15-19-57-94(86)106-92-55-17-8-31-67(92)73-42-25-53-90(103)101(73)106)78(71)60-79-64(37-22-39-72(79)96)70-41-24-52-89-98(70)76-34-6-13-47-84(76)104(89)87-50-16-20-58-95(87)107-93-56-18-9-32-68(93)74-43-26-54-91(104)102(74)107/h1-60H. The Kier molecular flexibility index (Phi) is 10.6. The summed E-state index contributed by atoms with van der Waals surface area (Å²) in [5.74, 6) is 0. The third kappa shape index (κ3) is 6.51. The molecule has 3 spiro atoms. The molecule has 0 saturated heterocycles. The van der Waals surface area contributed by atoms with Crippen LogP contribution < -0.4 is 0 Å². The molecule has 6 aliphatic rings. The SMILES string of the molecule is c1ccc2c(c1)-c1ccccc1C21c2ccccc2-c2c1c(-c1c3cccc(-c4cccc5c4-c4ccccc4C54c5ccccc5-n5c6ccccc6c6cccc4c65)c3cc3c(-c4cccc5c4-c4ccccc4C54c5ccccc5-n5c6ccccc6c6cccc4c65)cccc13)cc1ccccc21. The number of para-hydroxylation sites is 6. The van der Waals surface area contributed by atoms with Crippen molar-refractivity contribution in [3.05, 3.63) is 431 Å². The fourth-order valence-corrected chi connectivity index (χ4v) is 22.8. The average Bonchev–Trinajstić information content (AvgIpc) is 1.51. The van der Waals surface area contributed by atoms with Gasteiger partial charge in [-0.25, -0.2) is 0 Å². The van der Waals surface area contributed by atoms with Crippen molar-refractivity contribution in [3.8, 4) is 89.3 Å². The van der Waals surface area contributed by atoms with Crippen LogP contribution in [0.15, 0.2) is 364 Å². The Morgan fingerprint density at radius 2 is 0.495 bits per heavy atom. The predicted molar refractivity (Wildman–Crippen MR) is 442 cm³/mol. The minimum Gasteiger partial charge on any atom is -0.309 e. The van der Waals surface area contributed by atoms with Gasteiger partial charge in [-0.1, -0.05) is 328 Å². The monoisotopic (exact) mass is 1350 g/mol. The van der Waals surface area contributed by atoms with Crippen LogP contribution in [0.4, 0.5) is 0 Å². The van der Waals surface area contributed by atoms with Gasteiger partial charge in [-0.2, -0.15) is 0 Å². The minimum atomic E-state index is -0.658. The molecule has 18 aromatic carbocycles. The first-order valence-corrected chi connectivity index (χ1v) is 37.7. The molecular formula is C105H60N2. The lowest BCUT2D eigenvalue weighted by molar-refractivity contribution is 0.748. The number of nitrogens with zero attached hydrogens (tertiary/aromatic N) is 2. The smallest absolute Gasteiger partial charge is 0.0754 e. The molecule has 107 heavy (non-hydrogen) atoms. The van der Waals surface area contributed by atoms with E-state index in [-0.39, 0.29) is 0 Å². The molecular weight excluding hydrogens is 1290 g/mol. The lowest BCUT2D eigenvalue weighted by Gasteiger charge is -2.39. The van der Waals surface area contributed by atoms with Gasteiger partial charge in [-0.3, -0.25) is 0 Å². The summed E-state index contributed by atoms with van der Waals surface area (Å²) in [5, 5.41) is 12.5. The van der Waals surface area contributed by atoms with Crippen LogP contribution in [0.5, 0.6) is 0 Å². The Balaban J connectivity index is 0.812. The van der Waals surface area contributed by atoms with Crippen LogP contribution >= 0.6 is 0 Å². The summed E-state index contributed by atoms with van der Waals surface area (Å²) < 4.78 is 5.12. The van der Waals surface area contributed by atoms with Crippen molar-refractivity contribution >= 4 is 75.9 Å². The van der Waals surface area contributed by atoms with Gasteiger partial charge in [0.1, 0.15) is 0 Å². The fourth-order valence-electron chi connectivity index (χ4n) is 22.8. The lowest BCUT2D eigenvalue weighted by atomic mass is 9.65. The zero-order chi connectivity index (χ0) is 69.3. The van der Waals surface area contributed by atoms with Crippen molar-refractivity contribution in [1.29, 1.82) is 0 Å². The highest BCUT2D eigenvalue weighted by molar-refractivity contribution is 6.24. The molecule has 2 aromatic heterocycles. The third-order valence-corrected chi connectivity index (χ3v) is 26.3. The summed E-state index contributed by atoms with van der Waals surface area (Å²) >= 11 is 0. The van der Waals surface area contributed by atoms with Crippen molar-refractivity contribution in [3.63, 3.8) is 0 Å². The second-order valence-corrected chi connectivity index (χ2v) is 30.5. The van der Waals surface area contributed by atoms with Gasteiger partial charge < -0.3 is 9.13 Å². The summed E-state index contributed by atoms with van der Waals surface area (Å²) in [6.07, 6.45) is 0. The van der Waals surface area contributed by atoms with Crippen molar-refractivity contribution in [2.45, 2.75) is 16.2 Å². The molecule has 0 saturated carbocycles. The van der Waals surface area contributed by atoms with Crippen LogP contribution in [0, 0.1) is 0 Å². The molecule has 0 amide bonds. The molecule has 0 fully saturated rings. The predicted octanol–water partition coefficient (Wildman–Crippen LogP) is 26.0. The summed E-state index contributed by atoms with van der Waals surface area (Å²) in [4.78, 5) is 0. The Labute approximate surface area is 617 Å². The quantitative estimate of drug-likeness (QED) is 0.156. The Hall–Kier alpha value is -13.7. The first-order chi connectivity index (χ1) is 53.2. The normalized spacial score (nSPS) is 16.4. The van der Waals surface area contributed by atoms with Crippen molar-refractivity contribution in [2.75, 3.05) is 0 Å². The highest BCUT2D eigenvalue weighted by Gasteiger charge is 2.56. The van der Waals surface area contributed by atoms with Crippen LogP contribution in [-0.4, -0.2) is 9.13 Å². The zero-order valence-corrected chi connectivity index (χ0v) is 58.0. The molecule has 2 atom stereocenters. The van der Waals surface area contributed by atoms with Gasteiger partial charge in [0.05, 0.1) is 49.7 Å². The number of hydrogen-bond acceptors (Lipinski definition) is 0. The maximum Gasteiger partial charge on any atom is 0.0754 e. The van der Waals surface area contributed by atoms with E-state index < -0.39 is 16.2 Å². The molecule has 2 aliphatic heterocycles. The van der Waals surface area contributed by atoms with Gasteiger partial charge in [0.25, 0.3) is 0 Å². The number of aromatic nitrogens is 2. The molecule has 2 nitrogen and oxygen atoms in total. The fraction of sp³-hybridized carbons (Fsp3) is 0.0286. The van der Waals surface area contributed by atoms with Crippen molar-refractivity contribution < 1.29 is 0 Å². The number of fused-ring (bicyclic) bond motifs is 38. The second kappa shape index (κ2) is 20.0. The van der Waals surface area contributed by atoms with Crippen LogP contribution in [0.3, 0.4) is 0 Å². The molecule has 0 bridgehead atoms. The highest BCUT2D eigenvalue weighted by atomic mass is 15.0. The average molecular weight is 1350 g/mol. The van der Waals surface area contributed by atoms with E-state index >= 15 is 0 Å². The van der Waals surface area contributed by atoms with Crippen molar-refractivity contribution in [2.24, 2.45) is 0 Å². The van der Waals surface area contributed by atoms with E-state index in [1.807, 2.05) is 0 Å². The van der Waals surface area contributed by atoms with Gasteiger partial charge in [0, 0.05) is 21.5 Å². The molecule has 490 valence electrons. The largest absolute Gasteiger partial charge is 0.309 e. The number of benzene rings is 18. The molecule has 26 rings (SSSR count). The third-order valence-electron chi connectivity index (χ3n) is 26.3. The van der Waals surface area contributed by atoms with E-state index in [1.54, 1.807) is 0 Å². The zero-order valence-electron chi connectivity index (χ0n) is 58.0. The Bertz CT molecular complexity index is 7160. The molecule has 20 aromatic rings. The summed E-state index contributed by atoms with van der Waals surface area (Å²) in [6, 6.07) is 141. The van der Waals surface area contributed by atoms with Crippen LogP contribution in [0.1, 0.15) is 66.8 Å². The maximum absolute atomic E-state index is 2.63. The van der Waals surface area contributed by atoms with Crippen LogP contribution in [0.2, 0.25) is 0 Å². The van der Waals surface area contributed by atoms with E-state index in [0.29, 0.717) is 0 Å². The number of hydrogen-bond donors (Lipinski definition) is 0. The lowest BCUT2D eigenvalue weighted by Crippen LogP contribution is -2.33. The molecule has 2 unspecified atom stereocenters. The summed E-state index contributed by atoms with van der Waals surface area (Å²) in [6.45, 7) is 0. The van der Waals surface area contributed by atoms with Crippen LogP contribution in [-0.2, 0) is 16.2 Å². The van der Waals surface area contributed by atoms with E-state index in [9.17, 15) is 0 Å². The molecule has 4 heterocycles. The van der Waals surface area contributed by atoms with E-state index in [0.717, 1.165) is 0 Å². The van der Waals surface area contributed by atoms with E-state index in [1.165, 1.54) is 232 Å². The first kappa shape index (κ1) is 56.8. The Morgan fingerprint density at radius 1 is 0.168 bits per heavy atom. The van der Waals surface area contributed by atoms with Crippen molar-refractivity contribution in [1.82, 2.24) is 9.13 Å². The molecule has 4 aliphatic carbocycles. The number of rotatable bonds is 3. The van der Waals surface area contributed by atoms with Gasteiger partial charge in [0.15, 0.2) is 0 Å². The van der Waals surface area contributed by atoms with Gasteiger partial charge >= 0.3 is 0 Å². The molecule has 2 heteroatoms. The summed E-state index contributed by atoms with van der Waals surface area (Å²) in [7, 11) is 0. The van der Waals surface area contributed by atoms with E-state index in [4.69, 9.17) is 0 Å². The van der Waals surface area contributed by atoms with E-state index in [2.05, 4.69) is 373 Å². The Morgan fingerprint density at radius 3 is 1.00 bits per heavy atom. The second-order valence-electron chi connectivity index (χ2n) is 30.5. The van der Waals surface area contributed by atoms with Crippen LogP contribution in [0.25, 0.3) is 165 Å². The topological polar surface area (TPSA) is 9.86 Å². The van der Waals surface area contributed by atoms with Gasteiger partial charge in [-0.15, -0.1) is 0 Å². The summed E-state index contributed by atoms with van der Waals surface area (Å²) in [5.41, 5.74) is 39.0. The maximum atomic E-state index is 2.63. The highest BCUT2D eigenvalue weighted by Crippen LogP contribution is 2.69. The molecule has 0 N–H and O–H groups in total. The van der Waals surface area contributed by atoms with Gasteiger partial charge in [-0.05, 0) is 213 Å². The van der Waals surface area contributed by atoms with Gasteiger partial charge in [0.2, 0.25) is 0 Å². The first-order valence-electron chi connectivity index (χ1n) is 37.7. The minimum absolute atomic E-state index is 0.636.